The maximum Gasteiger partial charge on any atom is 0.340 e. The van der Waals surface area contributed by atoms with Crippen LogP contribution < -0.4 is 0 Å². The highest BCUT2D eigenvalue weighted by Gasteiger charge is 2.28. The topological polar surface area (TPSA) is 26.3 Å². The molecular formula is C9H10Br2O2. The first-order chi connectivity index (χ1) is 6.07. The highest BCUT2D eigenvalue weighted by atomic mass is 79.9. The molecular weight excluding hydrogens is 300 g/mol. The fourth-order valence-corrected chi connectivity index (χ4v) is 2.39. The molecule has 0 spiro atoms. The SMILES string of the molecule is CCCC1=C(Br)/C(=C(\C)Br)OC1=O. The lowest BCUT2D eigenvalue weighted by Gasteiger charge is -1.97. The number of hydrogen-bond donors (Lipinski definition) is 0. The number of esters is 1. The Morgan fingerprint density at radius 2 is 2.15 bits per heavy atom. The van der Waals surface area contributed by atoms with E-state index in [0.29, 0.717) is 5.76 Å². The Kier molecular flexibility index (Phi) is 3.74. The molecule has 4 heteroatoms. The van der Waals surface area contributed by atoms with Gasteiger partial charge in [0.1, 0.15) is 0 Å². The molecule has 1 aliphatic heterocycles. The number of rotatable bonds is 2. The normalized spacial score (nSPS) is 20.8. The van der Waals surface area contributed by atoms with Gasteiger partial charge in [-0.3, -0.25) is 0 Å². The summed E-state index contributed by atoms with van der Waals surface area (Å²) in [5.74, 6) is 0.371. The van der Waals surface area contributed by atoms with E-state index in [1.54, 1.807) is 0 Å². The molecule has 0 aliphatic carbocycles. The fraction of sp³-hybridized carbons (Fsp3) is 0.444. The molecule has 0 aromatic heterocycles. The quantitative estimate of drug-likeness (QED) is 0.728. The monoisotopic (exact) mass is 308 g/mol. The molecule has 0 bridgehead atoms. The van der Waals surface area contributed by atoms with E-state index in [4.69, 9.17) is 4.74 Å². The molecule has 1 rings (SSSR count). The molecule has 13 heavy (non-hydrogen) atoms. The Labute approximate surface area is 94.3 Å². The first kappa shape index (κ1) is 11.0. The van der Waals surface area contributed by atoms with E-state index >= 15 is 0 Å². The largest absolute Gasteiger partial charge is 0.421 e. The molecule has 0 atom stereocenters. The van der Waals surface area contributed by atoms with Crippen LogP contribution in [0.3, 0.4) is 0 Å². The predicted octanol–water partition coefficient (Wildman–Crippen LogP) is 3.62. The molecule has 72 valence electrons. The van der Waals surface area contributed by atoms with E-state index in [2.05, 4.69) is 31.9 Å². The van der Waals surface area contributed by atoms with Crippen LogP contribution in [0.4, 0.5) is 0 Å². The lowest BCUT2D eigenvalue weighted by Crippen LogP contribution is -1.98. The molecule has 2 nitrogen and oxygen atoms in total. The molecule has 0 fully saturated rings. The first-order valence-corrected chi connectivity index (χ1v) is 5.64. The molecule has 1 aliphatic rings. The van der Waals surface area contributed by atoms with Crippen LogP contribution in [0.25, 0.3) is 0 Å². The standard InChI is InChI=1S/C9H10Br2O2/c1-3-4-6-7(11)8(5(2)10)13-9(6)12/h3-4H2,1-2H3/b8-5-. The summed E-state index contributed by atoms with van der Waals surface area (Å²) in [5.41, 5.74) is 0.733. The summed E-state index contributed by atoms with van der Waals surface area (Å²) in [6.07, 6.45) is 1.69. The minimum absolute atomic E-state index is 0.234. The molecule has 0 aromatic carbocycles. The van der Waals surface area contributed by atoms with E-state index in [1.807, 2.05) is 13.8 Å². The minimum atomic E-state index is -0.234. The van der Waals surface area contributed by atoms with Gasteiger partial charge in [0.25, 0.3) is 0 Å². The third-order valence-electron chi connectivity index (χ3n) is 1.72. The van der Waals surface area contributed by atoms with Gasteiger partial charge in [-0.05, 0) is 29.3 Å². The van der Waals surface area contributed by atoms with E-state index < -0.39 is 0 Å². The van der Waals surface area contributed by atoms with Gasteiger partial charge in [0.05, 0.1) is 10.1 Å². The van der Waals surface area contributed by atoms with Gasteiger partial charge < -0.3 is 4.74 Å². The second-order valence-electron chi connectivity index (χ2n) is 2.79. The summed E-state index contributed by atoms with van der Waals surface area (Å²) in [5, 5.41) is 0. The van der Waals surface area contributed by atoms with Crippen molar-refractivity contribution in [3.63, 3.8) is 0 Å². The number of carbonyl (C=O) groups excluding carboxylic acids is 1. The smallest absolute Gasteiger partial charge is 0.340 e. The van der Waals surface area contributed by atoms with Crippen molar-refractivity contribution in [3.8, 4) is 0 Å². The van der Waals surface area contributed by atoms with E-state index in [1.165, 1.54) is 0 Å². The number of allylic oxidation sites excluding steroid dienone is 2. The molecule has 0 N–H and O–H groups in total. The van der Waals surface area contributed by atoms with Gasteiger partial charge in [0.15, 0.2) is 5.76 Å². The zero-order valence-corrected chi connectivity index (χ0v) is 10.7. The van der Waals surface area contributed by atoms with Crippen molar-refractivity contribution < 1.29 is 9.53 Å². The summed E-state index contributed by atoms with van der Waals surface area (Å²) in [7, 11) is 0. The molecule has 1 heterocycles. The summed E-state index contributed by atoms with van der Waals surface area (Å²) >= 11 is 6.65. The number of carbonyl (C=O) groups is 1. The van der Waals surface area contributed by atoms with Gasteiger partial charge in [0.2, 0.25) is 0 Å². The number of halogens is 2. The van der Waals surface area contributed by atoms with Gasteiger partial charge in [-0.25, -0.2) is 4.79 Å². The molecule has 0 saturated heterocycles. The Hall–Kier alpha value is -0.0900. The maximum atomic E-state index is 11.3. The third kappa shape index (κ3) is 2.23. The van der Waals surface area contributed by atoms with Crippen molar-refractivity contribution in [1.82, 2.24) is 0 Å². The van der Waals surface area contributed by atoms with Crippen molar-refractivity contribution in [2.45, 2.75) is 26.7 Å². The van der Waals surface area contributed by atoms with Crippen molar-refractivity contribution in [2.24, 2.45) is 0 Å². The minimum Gasteiger partial charge on any atom is -0.421 e. The van der Waals surface area contributed by atoms with Gasteiger partial charge in [-0.2, -0.15) is 0 Å². The van der Waals surface area contributed by atoms with Crippen LogP contribution in [0.2, 0.25) is 0 Å². The highest BCUT2D eigenvalue weighted by molar-refractivity contribution is 9.12. The lowest BCUT2D eigenvalue weighted by molar-refractivity contribution is -0.133. The average Bonchev–Trinajstić information content (AvgIpc) is 2.32. The Morgan fingerprint density at radius 1 is 1.54 bits per heavy atom. The van der Waals surface area contributed by atoms with Crippen LogP contribution in [-0.4, -0.2) is 5.97 Å². The van der Waals surface area contributed by atoms with Crippen LogP contribution in [-0.2, 0) is 9.53 Å². The highest BCUT2D eigenvalue weighted by Crippen LogP contribution is 2.36. The summed E-state index contributed by atoms with van der Waals surface area (Å²) in [6.45, 7) is 3.88. The van der Waals surface area contributed by atoms with Crippen LogP contribution in [0.15, 0.2) is 20.3 Å². The van der Waals surface area contributed by atoms with Crippen molar-refractivity contribution >= 4 is 37.8 Å². The summed E-state index contributed by atoms with van der Waals surface area (Å²) in [6, 6.07) is 0. The van der Waals surface area contributed by atoms with Gasteiger partial charge >= 0.3 is 5.97 Å². The summed E-state index contributed by atoms with van der Waals surface area (Å²) in [4.78, 5) is 11.3. The third-order valence-corrected chi connectivity index (χ3v) is 2.92. The van der Waals surface area contributed by atoms with Gasteiger partial charge in [-0.15, -0.1) is 0 Å². The molecule has 0 saturated carbocycles. The van der Waals surface area contributed by atoms with E-state index in [-0.39, 0.29) is 5.97 Å². The second kappa shape index (κ2) is 4.42. The number of cyclic esters (lactones) is 1. The summed E-state index contributed by atoms with van der Waals surface area (Å²) < 4.78 is 6.69. The zero-order chi connectivity index (χ0) is 10.0. The maximum absolute atomic E-state index is 11.3. The Bertz CT molecular complexity index is 299. The van der Waals surface area contributed by atoms with Gasteiger partial charge in [0, 0.05) is 4.48 Å². The molecule has 0 amide bonds. The van der Waals surface area contributed by atoms with E-state index in [9.17, 15) is 4.79 Å². The fourth-order valence-electron chi connectivity index (χ4n) is 1.11. The second-order valence-corrected chi connectivity index (χ2v) is 4.78. The van der Waals surface area contributed by atoms with Crippen LogP contribution >= 0.6 is 31.9 Å². The van der Waals surface area contributed by atoms with Crippen molar-refractivity contribution in [3.05, 3.63) is 20.3 Å². The van der Waals surface area contributed by atoms with Crippen LogP contribution in [0.5, 0.6) is 0 Å². The van der Waals surface area contributed by atoms with E-state index in [0.717, 1.165) is 27.4 Å². The van der Waals surface area contributed by atoms with Crippen molar-refractivity contribution in [1.29, 1.82) is 0 Å². The van der Waals surface area contributed by atoms with Gasteiger partial charge in [-0.1, -0.05) is 29.3 Å². The zero-order valence-electron chi connectivity index (χ0n) is 7.49. The Morgan fingerprint density at radius 3 is 2.54 bits per heavy atom. The average molecular weight is 310 g/mol. The van der Waals surface area contributed by atoms with Crippen LogP contribution in [0, 0.1) is 0 Å². The number of ether oxygens (including phenoxy) is 1. The molecule has 0 aromatic rings. The van der Waals surface area contributed by atoms with Crippen LogP contribution in [0.1, 0.15) is 26.7 Å². The Balaban J connectivity index is 3.04. The lowest BCUT2D eigenvalue weighted by atomic mass is 10.1. The number of hydrogen-bond acceptors (Lipinski definition) is 2. The molecule has 0 unspecified atom stereocenters. The van der Waals surface area contributed by atoms with Crippen molar-refractivity contribution in [2.75, 3.05) is 0 Å². The predicted molar refractivity (Wildman–Crippen MR) is 58.6 cm³/mol. The first-order valence-electron chi connectivity index (χ1n) is 4.05. The molecule has 0 radical (unpaired) electrons.